The number of benzene rings is 2. The summed E-state index contributed by atoms with van der Waals surface area (Å²) in [6.45, 7) is 3.70. The summed E-state index contributed by atoms with van der Waals surface area (Å²) in [5.41, 5.74) is 2.89. The van der Waals surface area contributed by atoms with E-state index in [4.69, 9.17) is 11.6 Å². The van der Waals surface area contributed by atoms with Crippen LogP contribution >= 0.6 is 27.5 Å². The summed E-state index contributed by atoms with van der Waals surface area (Å²) in [5, 5.41) is 0.627. The van der Waals surface area contributed by atoms with Crippen molar-refractivity contribution in [3.8, 4) is 0 Å². The maximum absolute atomic E-state index is 13.3. The van der Waals surface area contributed by atoms with Crippen molar-refractivity contribution in [2.24, 2.45) is 0 Å². The number of halogens is 5. The zero-order valence-corrected chi connectivity index (χ0v) is 13.1. The molecular formula is C15H11BrClF3. The fourth-order valence-electron chi connectivity index (χ4n) is 1.98. The van der Waals surface area contributed by atoms with Crippen molar-refractivity contribution in [2.75, 3.05) is 0 Å². The van der Waals surface area contributed by atoms with E-state index in [2.05, 4.69) is 15.9 Å². The van der Waals surface area contributed by atoms with E-state index < -0.39 is 22.3 Å². The molecule has 1 unspecified atom stereocenters. The van der Waals surface area contributed by atoms with Crippen molar-refractivity contribution in [1.29, 1.82) is 0 Å². The van der Waals surface area contributed by atoms with E-state index >= 15 is 0 Å². The van der Waals surface area contributed by atoms with Crippen molar-refractivity contribution < 1.29 is 13.2 Å². The summed E-state index contributed by atoms with van der Waals surface area (Å²) in [5.74, 6) is -3.86. The van der Waals surface area contributed by atoms with Crippen molar-refractivity contribution in [2.45, 2.75) is 18.7 Å². The van der Waals surface area contributed by atoms with Crippen LogP contribution in [0.3, 0.4) is 0 Å². The van der Waals surface area contributed by atoms with Gasteiger partial charge in [0.1, 0.15) is 0 Å². The van der Waals surface area contributed by atoms with Crippen LogP contribution in [-0.2, 0) is 0 Å². The van der Waals surface area contributed by atoms with Gasteiger partial charge in [0.15, 0.2) is 17.5 Å². The second-order valence-electron chi connectivity index (χ2n) is 4.62. The molecule has 5 heteroatoms. The lowest BCUT2D eigenvalue weighted by atomic mass is 9.98. The maximum Gasteiger partial charge on any atom is 0.194 e. The SMILES string of the molecule is Cc1cc(C(Br)c2cc(F)c(F)c(F)c2)c(C)cc1Cl. The van der Waals surface area contributed by atoms with Crippen molar-refractivity contribution >= 4 is 27.5 Å². The van der Waals surface area contributed by atoms with Gasteiger partial charge < -0.3 is 0 Å². The molecule has 20 heavy (non-hydrogen) atoms. The average Bonchev–Trinajstić information content (AvgIpc) is 2.38. The first-order chi connectivity index (χ1) is 9.31. The third-order valence-electron chi connectivity index (χ3n) is 3.12. The molecule has 1 atom stereocenters. The van der Waals surface area contributed by atoms with Crippen LogP contribution < -0.4 is 0 Å². The van der Waals surface area contributed by atoms with Gasteiger partial charge in [0.25, 0.3) is 0 Å². The van der Waals surface area contributed by atoms with Crippen LogP contribution in [0.15, 0.2) is 24.3 Å². The van der Waals surface area contributed by atoms with Gasteiger partial charge in [-0.1, -0.05) is 33.6 Å². The average molecular weight is 364 g/mol. The molecule has 2 aromatic carbocycles. The number of rotatable bonds is 2. The summed E-state index contributed by atoms with van der Waals surface area (Å²) in [6, 6.07) is 5.61. The number of hydrogen-bond acceptors (Lipinski definition) is 0. The summed E-state index contributed by atoms with van der Waals surface area (Å²) in [6.07, 6.45) is 0. The highest BCUT2D eigenvalue weighted by molar-refractivity contribution is 9.09. The standard InChI is InChI=1S/C15H11BrClF3/c1-7-4-11(17)8(2)3-10(7)14(16)9-5-12(18)15(20)13(19)6-9/h3-6,14H,1-2H3. The van der Waals surface area contributed by atoms with Crippen LogP contribution in [-0.4, -0.2) is 0 Å². The summed E-state index contributed by atoms with van der Waals surface area (Å²) in [7, 11) is 0. The second kappa shape index (κ2) is 5.78. The molecule has 2 aromatic rings. The monoisotopic (exact) mass is 362 g/mol. The first kappa shape index (κ1) is 15.4. The van der Waals surface area contributed by atoms with Crippen LogP contribution in [0.25, 0.3) is 0 Å². The van der Waals surface area contributed by atoms with Crippen molar-refractivity contribution in [1.82, 2.24) is 0 Å². The molecule has 2 rings (SSSR count). The predicted molar refractivity (Wildman–Crippen MR) is 78.0 cm³/mol. The van der Waals surface area contributed by atoms with Gasteiger partial charge in [-0.3, -0.25) is 0 Å². The van der Waals surface area contributed by atoms with Gasteiger partial charge in [-0.25, -0.2) is 13.2 Å². The summed E-state index contributed by atoms with van der Waals surface area (Å²) in [4.78, 5) is -0.442. The van der Waals surface area contributed by atoms with Gasteiger partial charge in [0.05, 0.1) is 4.83 Å². The fourth-order valence-corrected chi connectivity index (χ4v) is 2.95. The van der Waals surface area contributed by atoms with Crippen LogP contribution in [0.1, 0.15) is 27.1 Å². The highest BCUT2D eigenvalue weighted by Gasteiger charge is 2.19. The van der Waals surface area contributed by atoms with Crippen LogP contribution in [0, 0.1) is 31.3 Å². The van der Waals surface area contributed by atoms with Crippen LogP contribution in [0.4, 0.5) is 13.2 Å². The van der Waals surface area contributed by atoms with Crippen LogP contribution in [0.5, 0.6) is 0 Å². The second-order valence-corrected chi connectivity index (χ2v) is 5.94. The van der Waals surface area contributed by atoms with E-state index in [0.29, 0.717) is 10.6 Å². The maximum atomic E-state index is 13.3. The third kappa shape index (κ3) is 2.86. The van der Waals surface area contributed by atoms with E-state index in [-0.39, 0.29) is 0 Å². The minimum Gasteiger partial charge on any atom is -0.204 e. The molecule has 0 aliphatic carbocycles. The van der Waals surface area contributed by atoms with Crippen molar-refractivity contribution in [3.63, 3.8) is 0 Å². The number of alkyl halides is 1. The molecule has 0 heterocycles. The molecule has 0 spiro atoms. The zero-order valence-electron chi connectivity index (χ0n) is 10.8. The Morgan fingerprint density at radius 2 is 1.50 bits per heavy atom. The topological polar surface area (TPSA) is 0 Å². The molecule has 0 bridgehead atoms. The molecular weight excluding hydrogens is 353 g/mol. The Labute approximate surface area is 128 Å². The molecule has 0 aromatic heterocycles. The van der Waals surface area contributed by atoms with Gasteiger partial charge in [0.2, 0.25) is 0 Å². The van der Waals surface area contributed by atoms with Gasteiger partial charge in [0, 0.05) is 5.02 Å². The highest BCUT2D eigenvalue weighted by atomic mass is 79.9. The molecule has 0 amide bonds. The molecule has 0 aliphatic rings. The van der Waals surface area contributed by atoms with E-state index in [9.17, 15) is 13.2 Å². The largest absolute Gasteiger partial charge is 0.204 e. The first-order valence-electron chi connectivity index (χ1n) is 5.86. The molecule has 0 saturated carbocycles. The Kier molecular flexibility index (Phi) is 4.45. The lowest BCUT2D eigenvalue weighted by molar-refractivity contribution is 0.445. The van der Waals surface area contributed by atoms with Crippen LogP contribution in [0.2, 0.25) is 5.02 Å². The smallest absolute Gasteiger partial charge is 0.194 e. The van der Waals surface area contributed by atoms with Crippen molar-refractivity contribution in [3.05, 3.63) is 69.0 Å². The summed E-state index contributed by atoms with van der Waals surface area (Å²) < 4.78 is 39.6. The minimum absolute atomic E-state index is 0.311. The molecule has 0 nitrogen and oxygen atoms in total. The minimum atomic E-state index is -1.46. The zero-order chi connectivity index (χ0) is 15.0. The van der Waals surface area contributed by atoms with E-state index in [0.717, 1.165) is 28.8 Å². The number of hydrogen-bond donors (Lipinski definition) is 0. The lowest BCUT2D eigenvalue weighted by Gasteiger charge is -2.16. The molecule has 0 saturated heterocycles. The molecule has 0 aliphatic heterocycles. The van der Waals surface area contributed by atoms with E-state index in [1.54, 1.807) is 6.07 Å². The Morgan fingerprint density at radius 3 is 2.05 bits per heavy atom. The summed E-state index contributed by atoms with van der Waals surface area (Å²) >= 11 is 9.42. The quantitative estimate of drug-likeness (QED) is 0.463. The fraction of sp³-hybridized carbons (Fsp3) is 0.200. The van der Waals surface area contributed by atoms with Gasteiger partial charge in [-0.05, 0) is 54.3 Å². The van der Waals surface area contributed by atoms with Gasteiger partial charge in [-0.15, -0.1) is 0 Å². The third-order valence-corrected chi connectivity index (χ3v) is 4.55. The lowest BCUT2D eigenvalue weighted by Crippen LogP contribution is -2.01. The van der Waals surface area contributed by atoms with Gasteiger partial charge >= 0.3 is 0 Å². The van der Waals surface area contributed by atoms with E-state index in [1.807, 2.05) is 19.9 Å². The predicted octanol–water partition coefficient (Wildman–Crippen LogP) is 5.86. The highest BCUT2D eigenvalue weighted by Crippen LogP contribution is 2.36. The molecule has 106 valence electrons. The van der Waals surface area contributed by atoms with Gasteiger partial charge in [-0.2, -0.15) is 0 Å². The molecule has 0 N–H and O–H groups in total. The molecule has 0 radical (unpaired) electrons. The molecule has 0 fully saturated rings. The Morgan fingerprint density at radius 1 is 0.950 bits per heavy atom. The Hall–Kier alpha value is -1.00. The normalized spacial score (nSPS) is 12.6. The Bertz CT molecular complexity index is 647. The van der Waals surface area contributed by atoms with E-state index in [1.165, 1.54) is 0 Å². The first-order valence-corrected chi connectivity index (χ1v) is 7.15. The Balaban J connectivity index is 2.51. The number of aryl methyl sites for hydroxylation is 2.